The van der Waals surface area contributed by atoms with Gasteiger partial charge in [-0.25, -0.2) is 17.6 Å². The van der Waals surface area contributed by atoms with E-state index in [1.807, 2.05) is 12.1 Å². The van der Waals surface area contributed by atoms with Crippen molar-refractivity contribution in [2.75, 3.05) is 0 Å². The molecule has 0 bridgehead atoms. The normalized spacial score (nSPS) is 22.8. The summed E-state index contributed by atoms with van der Waals surface area (Å²) in [6.45, 7) is 0. The van der Waals surface area contributed by atoms with Crippen LogP contribution >= 0.6 is 12.6 Å². The first kappa shape index (κ1) is 28.0. The van der Waals surface area contributed by atoms with E-state index in [4.69, 9.17) is 0 Å². The maximum absolute atomic E-state index is 15.8. The van der Waals surface area contributed by atoms with Crippen molar-refractivity contribution in [1.29, 1.82) is 0 Å². The number of rotatable bonds is 2. The van der Waals surface area contributed by atoms with Crippen molar-refractivity contribution in [2.45, 2.75) is 55.9 Å². The van der Waals surface area contributed by atoms with Crippen LogP contribution in [0.5, 0.6) is 0 Å². The highest BCUT2D eigenvalue weighted by atomic mass is 32.1. The quantitative estimate of drug-likeness (QED) is 0.135. The van der Waals surface area contributed by atoms with Crippen LogP contribution in [0.2, 0.25) is 0 Å². The van der Waals surface area contributed by atoms with E-state index < -0.39 is 40.4 Å². The fourth-order valence-electron chi connectivity index (χ4n) is 6.77. The predicted molar refractivity (Wildman–Crippen MR) is 150 cm³/mol. The van der Waals surface area contributed by atoms with Gasteiger partial charge in [0.05, 0.1) is 10.9 Å². The summed E-state index contributed by atoms with van der Waals surface area (Å²) in [5, 5.41) is 0.562. The second-order valence-corrected chi connectivity index (χ2v) is 12.0. The lowest BCUT2D eigenvalue weighted by atomic mass is 9.66. The molecule has 2 fully saturated rings. The molecule has 4 unspecified atom stereocenters. The maximum Gasteiger partial charge on any atom is 0.458 e. The molecule has 2 aliphatic carbocycles. The van der Waals surface area contributed by atoms with Crippen molar-refractivity contribution < 1.29 is 30.7 Å². The van der Waals surface area contributed by atoms with Crippen molar-refractivity contribution in [3.8, 4) is 23.0 Å². The van der Waals surface area contributed by atoms with Gasteiger partial charge >= 0.3 is 6.18 Å². The van der Waals surface area contributed by atoms with Gasteiger partial charge in [0, 0.05) is 22.1 Å². The molecular formula is C33H25F7S. The number of fused-ring (bicyclic) bond motifs is 3. The topological polar surface area (TPSA) is 0 Å². The van der Waals surface area contributed by atoms with E-state index in [0.29, 0.717) is 33.9 Å². The van der Waals surface area contributed by atoms with Crippen LogP contribution in [0.4, 0.5) is 30.7 Å². The van der Waals surface area contributed by atoms with E-state index >= 15 is 8.78 Å². The van der Waals surface area contributed by atoms with Crippen molar-refractivity contribution >= 4 is 34.2 Å². The second kappa shape index (κ2) is 10.6. The molecule has 0 heterocycles. The molecule has 4 aromatic rings. The van der Waals surface area contributed by atoms with E-state index in [9.17, 15) is 22.0 Å². The summed E-state index contributed by atoms with van der Waals surface area (Å²) in [6, 6.07) is 11.7. The smallest absolute Gasteiger partial charge is 0.206 e. The molecule has 0 aromatic heterocycles. The molecular weight excluding hydrogens is 561 g/mol. The second-order valence-electron chi connectivity index (χ2n) is 11.3. The zero-order chi connectivity index (χ0) is 29.1. The maximum atomic E-state index is 15.8. The van der Waals surface area contributed by atoms with E-state index in [-0.39, 0.29) is 16.5 Å². The molecule has 4 aromatic carbocycles. The van der Waals surface area contributed by atoms with Crippen LogP contribution in [0.3, 0.4) is 0 Å². The van der Waals surface area contributed by atoms with Crippen LogP contribution in [-0.2, 0) is 0 Å². The van der Waals surface area contributed by atoms with Gasteiger partial charge in [-0.3, -0.25) is 0 Å². The van der Waals surface area contributed by atoms with Crippen molar-refractivity contribution in [3.05, 3.63) is 82.9 Å². The van der Waals surface area contributed by atoms with Crippen LogP contribution in [0, 0.1) is 46.9 Å². The van der Waals surface area contributed by atoms with Crippen molar-refractivity contribution in [1.82, 2.24) is 0 Å². The molecule has 0 amide bonds. The van der Waals surface area contributed by atoms with Gasteiger partial charge in [0.15, 0.2) is 5.82 Å². The lowest BCUT2D eigenvalue weighted by Gasteiger charge is -2.41. The summed E-state index contributed by atoms with van der Waals surface area (Å²) in [7, 11) is 0. The molecule has 2 aliphatic rings. The first-order chi connectivity index (χ1) is 19.5. The number of benzene rings is 4. The SMILES string of the molecule is Fc1cc2cc(-c3ccc4cc(C5CCC6CC(S)CCC6C5)ccc4c3F)cc(F)c2c(F)c1C#CC(F)(F)F. The zero-order valence-electron chi connectivity index (χ0n) is 21.8. The average Bonchev–Trinajstić information content (AvgIpc) is 2.91. The minimum absolute atomic E-state index is 0.0387. The van der Waals surface area contributed by atoms with E-state index in [1.54, 1.807) is 12.1 Å². The molecule has 2 saturated carbocycles. The predicted octanol–water partition coefficient (Wildman–Crippen LogP) is 10.1. The molecule has 8 heteroatoms. The fraction of sp³-hybridized carbons (Fsp3) is 0.333. The molecule has 0 spiro atoms. The van der Waals surface area contributed by atoms with Gasteiger partial charge in [-0.15, -0.1) is 0 Å². The molecule has 0 radical (unpaired) electrons. The van der Waals surface area contributed by atoms with Gasteiger partial charge in [0.25, 0.3) is 0 Å². The third kappa shape index (κ3) is 5.41. The van der Waals surface area contributed by atoms with Crippen LogP contribution < -0.4 is 0 Å². The van der Waals surface area contributed by atoms with Gasteiger partial charge in [0.2, 0.25) is 0 Å². The highest BCUT2D eigenvalue weighted by molar-refractivity contribution is 7.80. The van der Waals surface area contributed by atoms with Gasteiger partial charge in [-0.05, 0) is 96.4 Å². The Kier molecular flexibility index (Phi) is 7.22. The average molecular weight is 587 g/mol. The Hall–Kier alpha value is -3.18. The van der Waals surface area contributed by atoms with Crippen LogP contribution in [0.25, 0.3) is 32.7 Å². The molecule has 6 rings (SSSR count). The summed E-state index contributed by atoms with van der Waals surface area (Å²) in [5.74, 6) is -0.647. The van der Waals surface area contributed by atoms with Gasteiger partial charge in [0.1, 0.15) is 17.5 Å². The Balaban J connectivity index is 1.33. The number of hydrogen-bond acceptors (Lipinski definition) is 1. The van der Waals surface area contributed by atoms with Crippen LogP contribution in [-0.4, -0.2) is 11.4 Å². The number of hydrogen-bond donors (Lipinski definition) is 1. The molecule has 0 nitrogen and oxygen atoms in total. The van der Waals surface area contributed by atoms with Crippen molar-refractivity contribution in [3.63, 3.8) is 0 Å². The Morgan fingerprint density at radius 3 is 2.27 bits per heavy atom. The number of thiol groups is 1. The Morgan fingerprint density at radius 2 is 1.49 bits per heavy atom. The van der Waals surface area contributed by atoms with E-state index in [1.165, 1.54) is 42.9 Å². The Labute approximate surface area is 238 Å². The fourth-order valence-corrected chi connectivity index (χ4v) is 7.19. The Morgan fingerprint density at radius 1 is 0.732 bits per heavy atom. The number of halogens is 7. The van der Waals surface area contributed by atoms with E-state index in [2.05, 4.69) is 12.6 Å². The van der Waals surface area contributed by atoms with Gasteiger partial charge in [-0.1, -0.05) is 36.3 Å². The standard InChI is InChI=1S/C33H25F7S/c34-28-16-23-13-22(15-29(35)30(23)32(37)27(28)9-10-33(38,39)40)26-8-5-21-12-19(4-7-25(21)31(26)36)17-1-2-20-14-24(41)6-3-18(20)11-17/h4-5,7-8,12-13,15-18,20,24,41H,1-3,6,11,14H2. The third-order valence-corrected chi connectivity index (χ3v) is 9.22. The minimum atomic E-state index is -4.98. The summed E-state index contributed by atoms with van der Waals surface area (Å²) in [5.41, 5.74) is 0.0709. The van der Waals surface area contributed by atoms with Gasteiger partial charge < -0.3 is 0 Å². The van der Waals surface area contributed by atoms with Crippen LogP contribution in [0.1, 0.15) is 55.6 Å². The monoisotopic (exact) mass is 586 g/mol. The molecule has 212 valence electrons. The minimum Gasteiger partial charge on any atom is -0.206 e. The summed E-state index contributed by atoms with van der Waals surface area (Å²) in [4.78, 5) is 0. The summed E-state index contributed by atoms with van der Waals surface area (Å²) < 4.78 is 97.5. The van der Waals surface area contributed by atoms with E-state index in [0.717, 1.165) is 37.2 Å². The third-order valence-electron chi connectivity index (χ3n) is 8.76. The molecule has 41 heavy (non-hydrogen) atoms. The first-order valence-electron chi connectivity index (χ1n) is 13.6. The largest absolute Gasteiger partial charge is 0.458 e. The molecule has 0 N–H and O–H groups in total. The number of alkyl halides is 3. The lowest BCUT2D eigenvalue weighted by Crippen LogP contribution is -2.30. The van der Waals surface area contributed by atoms with Crippen molar-refractivity contribution in [2.24, 2.45) is 11.8 Å². The highest BCUT2D eigenvalue weighted by Gasteiger charge is 2.35. The summed E-state index contributed by atoms with van der Waals surface area (Å²) in [6.07, 6.45) is 1.90. The lowest BCUT2D eigenvalue weighted by molar-refractivity contribution is -0.0696. The Bertz CT molecular complexity index is 1730. The molecule has 4 atom stereocenters. The molecule has 0 aliphatic heterocycles. The highest BCUT2D eigenvalue weighted by Crippen LogP contribution is 2.47. The van der Waals surface area contributed by atoms with Gasteiger partial charge in [-0.2, -0.15) is 25.8 Å². The van der Waals surface area contributed by atoms with Crippen LogP contribution in [0.15, 0.2) is 48.5 Å². The summed E-state index contributed by atoms with van der Waals surface area (Å²) >= 11 is 4.68. The first-order valence-corrected chi connectivity index (χ1v) is 14.1. The molecule has 0 saturated heterocycles. The zero-order valence-corrected chi connectivity index (χ0v) is 22.7.